The highest BCUT2D eigenvalue weighted by Crippen LogP contribution is 2.20. The minimum Gasteiger partial charge on any atom is -0.497 e. The smallest absolute Gasteiger partial charge is 0.252 e. The van der Waals surface area contributed by atoms with Crippen LogP contribution >= 0.6 is 0 Å². The normalized spacial score (nSPS) is 13.5. The Labute approximate surface area is 167 Å². The molecule has 1 aromatic heterocycles. The minimum absolute atomic E-state index is 0.102. The van der Waals surface area contributed by atoms with Gasteiger partial charge in [-0.05, 0) is 68.4 Å². The van der Waals surface area contributed by atoms with Crippen LogP contribution < -0.4 is 15.4 Å². The van der Waals surface area contributed by atoms with Crippen LogP contribution in [0.1, 0.15) is 48.0 Å². The van der Waals surface area contributed by atoms with Crippen molar-refractivity contribution in [3.63, 3.8) is 0 Å². The number of allylic oxidation sites excluding steroid dienone is 1. The maximum Gasteiger partial charge on any atom is 0.252 e. The van der Waals surface area contributed by atoms with E-state index in [0.29, 0.717) is 12.1 Å². The molecule has 1 aliphatic rings. The number of anilines is 1. The molecule has 0 saturated heterocycles. The second kappa shape index (κ2) is 10.5. The molecule has 0 bridgehead atoms. The fourth-order valence-electron chi connectivity index (χ4n) is 3.37. The number of hydrogen-bond donors (Lipinski definition) is 2. The van der Waals surface area contributed by atoms with Crippen molar-refractivity contribution in [1.29, 1.82) is 0 Å². The summed E-state index contributed by atoms with van der Waals surface area (Å²) in [5.41, 5.74) is 3.25. The summed E-state index contributed by atoms with van der Waals surface area (Å²) in [4.78, 5) is 16.6. The highest BCUT2D eigenvalue weighted by Gasteiger charge is 2.07. The summed E-state index contributed by atoms with van der Waals surface area (Å²) in [6.07, 6.45) is 10.9. The van der Waals surface area contributed by atoms with Gasteiger partial charge in [-0.1, -0.05) is 23.8 Å². The van der Waals surface area contributed by atoms with E-state index in [-0.39, 0.29) is 5.91 Å². The molecule has 0 saturated carbocycles. The van der Waals surface area contributed by atoms with Gasteiger partial charge in [0.1, 0.15) is 11.6 Å². The highest BCUT2D eigenvalue weighted by atomic mass is 16.5. The summed E-state index contributed by atoms with van der Waals surface area (Å²) < 4.78 is 5.22. The molecule has 1 heterocycles. The molecule has 2 N–H and O–H groups in total. The summed E-state index contributed by atoms with van der Waals surface area (Å²) in [5.74, 6) is 1.54. The van der Waals surface area contributed by atoms with Crippen molar-refractivity contribution in [2.45, 2.75) is 38.5 Å². The Bertz CT molecular complexity index is 800. The van der Waals surface area contributed by atoms with E-state index in [0.717, 1.165) is 36.5 Å². The molecule has 5 nitrogen and oxygen atoms in total. The van der Waals surface area contributed by atoms with Gasteiger partial charge in [0.05, 0.1) is 12.7 Å². The van der Waals surface area contributed by atoms with Gasteiger partial charge in [0.15, 0.2) is 0 Å². The Hall–Kier alpha value is -2.82. The third-order valence-corrected chi connectivity index (χ3v) is 5.00. The molecule has 0 spiro atoms. The van der Waals surface area contributed by atoms with Crippen molar-refractivity contribution >= 4 is 11.7 Å². The average molecular weight is 380 g/mol. The number of amides is 1. The second-order valence-corrected chi connectivity index (χ2v) is 7.07. The number of pyridine rings is 1. The summed E-state index contributed by atoms with van der Waals surface area (Å²) in [6, 6.07) is 11.6. The molecular formula is C23H29N3O2. The minimum atomic E-state index is -0.102. The quantitative estimate of drug-likeness (QED) is 0.635. The third kappa shape index (κ3) is 6.12. The van der Waals surface area contributed by atoms with Gasteiger partial charge in [-0.2, -0.15) is 0 Å². The van der Waals surface area contributed by atoms with Crippen LogP contribution in [0.3, 0.4) is 0 Å². The Kier molecular flexibility index (Phi) is 7.47. The van der Waals surface area contributed by atoms with Gasteiger partial charge in [-0.3, -0.25) is 4.79 Å². The molecule has 0 radical (unpaired) electrons. The van der Waals surface area contributed by atoms with Crippen molar-refractivity contribution in [2.24, 2.45) is 0 Å². The van der Waals surface area contributed by atoms with Gasteiger partial charge < -0.3 is 15.4 Å². The zero-order valence-electron chi connectivity index (χ0n) is 16.5. The van der Waals surface area contributed by atoms with Crippen LogP contribution in [0.25, 0.3) is 0 Å². The lowest BCUT2D eigenvalue weighted by molar-refractivity contribution is 0.0954. The lowest BCUT2D eigenvalue weighted by Crippen LogP contribution is -2.25. The first kappa shape index (κ1) is 19.9. The number of carbonyl (C=O) groups excluding carboxylic acids is 1. The van der Waals surface area contributed by atoms with Crippen LogP contribution in [0.2, 0.25) is 0 Å². The number of aromatic nitrogens is 1. The van der Waals surface area contributed by atoms with Crippen molar-refractivity contribution in [3.8, 4) is 5.75 Å². The zero-order chi connectivity index (χ0) is 19.6. The predicted octanol–water partition coefficient (Wildman–Crippen LogP) is 4.37. The average Bonchev–Trinajstić information content (AvgIpc) is 2.75. The van der Waals surface area contributed by atoms with Crippen LogP contribution in [0.15, 0.2) is 54.2 Å². The molecular weight excluding hydrogens is 350 g/mol. The van der Waals surface area contributed by atoms with E-state index < -0.39 is 0 Å². The van der Waals surface area contributed by atoms with Gasteiger partial charge in [0, 0.05) is 19.3 Å². The molecule has 0 aliphatic heterocycles. The first-order chi connectivity index (χ1) is 13.7. The Morgan fingerprint density at radius 2 is 2.07 bits per heavy atom. The van der Waals surface area contributed by atoms with Crippen LogP contribution in [0, 0.1) is 0 Å². The Balaban J connectivity index is 1.40. The molecule has 1 amide bonds. The second-order valence-electron chi connectivity index (χ2n) is 7.07. The molecule has 1 aliphatic carbocycles. The van der Waals surface area contributed by atoms with E-state index >= 15 is 0 Å². The van der Waals surface area contributed by atoms with Crippen molar-refractivity contribution in [2.75, 3.05) is 25.5 Å². The molecule has 2 aromatic rings. The van der Waals surface area contributed by atoms with Crippen molar-refractivity contribution < 1.29 is 9.53 Å². The molecule has 28 heavy (non-hydrogen) atoms. The van der Waals surface area contributed by atoms with Crippen LogP contribution in [-0.4, -0.2) is 31.1 Å². The van der Waals surface area contributed by atoms with E-state index in [9.17, 15) is 4.79 Å². The summed E-state index contributed by atoms with van der Waals surface area (Å²) in [5, 5.41) is 6.28. The molecule has 3 rings (SSSR count). The lowest BCUT2D eigenvalue weighted by Gasteiger charge is -2.13. The van der Waals surface area contributed by atoms with Gasteiger partial charge in [0.25, 0.3) is 5.91 Å². The third-order valence-electron chi connectivity index (χ3n) is 5.00. The highest BCUT2D eigenvalue weighted by molar-refractivity contribution is 5.94. The maximum atomic E-state index is 12.3. The van der Waals surface area contributed by atoms with Gasteiger partial charge in [0.2, 0.25) is 0 Å². The number of hydrogen-bond acceptors (Lipinski definition) is 4. The standard InChI is InChI=1S/C23H29N3O2/c1-28-21-9-5-8-19(16-21)13-15-25-23(27)20-10-11-22(26-17-20)24-14-12-18-6-3-2-4-7-18/h5-6,8-11,16-17H,2-4,7,12-15H2,1H3,(H,24,26)(H,25,27). The van der Waals surface area contributed by atoms with Crippen molar-refractivity contribution in [1.82, 2.24) is 10.3 Å². The largest absolute Gasteiger partial charge is 0.497 e. The van der Waals surface area contributed by atoms with E-state index in [2.05, 4.69) is 21.7 Å². The van der Waals surface area contributed by atoms with Gasteiger partial charge in [-0.25, -0.2) is 4.98 Å². The van der Waals surface area contributed by atoms with Gasteiger partial charge in [-0.15, -0.1) is 0 Å². The number of carbonyl (C=O) groups is 1. The Morgan fingerprint density at radius 3 is 2.82 bits per heavy atom. The molecule has 148 valence electrons. The van der Waals surface area contributed by atoms with E-state index in [1.54, 1.807) is 18.9 Å². The monoisotopic (exact) mass is 379 g/mol. The maximum absolute atomic E-state index is 12.3. The van der Waals surface area contributed by atoms with Crippen LogP contribution in [-0.2, 0) is 6.42 Å². The molecule has 1 aromatic carbocycles. The van der Waals surface area contributed by atoms with E-state index in [1.165, 1.54) is 25.7 Å². The first-order valence-corrected chi connectivity index (χ1v) is 10.0. The number of benzene rings is 1. The number of nitrogens with zero attached hydrogens (tertiary/aromatic N) is 1. The number of rotatable bonds is 9. The Morgan fingerprint density at radius 1 is 1.14 bits per heavy atom. The fourth-order valence-corrected chi connectivity index (χ4v) is 3.37. The lowest BCUT2D eigenvalue weighted by atomic mass is 9.97. The molecule has 0 fully saturated rings. The van der Waals surface area contributed by atoms with E-state index in [4.69, 9.17) is 4.74 Å². The summed E-state index contributed by atoms with van der Waals surface area (Å²) in [7, 11) is 1.65. The van der Waals surface area contributed by atoms with E-state index in [1.807, 2.05) is 36.4 Å². The zero-order valence-corrected chi connectivity index (χ0v) is 16.5. The number of nitrogens with one attached hydrogen (secondary N) is 2. The summed E-state index contributed by atoms with van der Waals surface area (Å²) >= 11 is 0. The topological polar surface area (TPSA) is 63.2 Å². The fraction of sp³-hybridized carbons (Fsp3) is 0.391. The SMILES string of the molecule is COc1cccc(CCNC(=O)c2ccc(NCCC3=CCCCC3)nc2)c1. The first-order valence-electron chi connectivity index (χ1n) is 10.0. The molecule has 0 atom stereocenters. The van der Waals surface area contributed by atoms with Crippen LogP contribution in [0.4, 0.5) is 5.82 Å². The van der Waals surface area contributed by atoms with Crippen molar-refractivity contribution in [3.05, 3.63) is 65.4 Å². The summed E-state index contributed by atoms with van der Waals surface area (Å²) in [6.45, 7) is 1.45. The predicted molar refractivity (Wildman–Crippen MR) is 113 cm³/mol. The number of ether oxygens (including phenoxy) is 1. The van der Waals surface area contributed by atoms with Crippen LogP contribution in [0.5, 0.6) is 5.75 Å². The number of methoxy groups -OCH3 is 1. The molecule has 0 unspecified atom stereocenters. The van der Waals surface area contributed by atoms with Gasteiger partial charge >= 0.3 is 0 Å². The molecule has 5 heteroatoms.